The second-order valence-corrected chi connectivity index (χ2v) is 8.65. The average Bonchev–Trinajstić information content (AvgIpc) is 3.33. The van der Waals surface area contributed by atoms with Crippen LogP contribution in [0, 0.1) is 19.7 Å². The molecular formula is C22H23ClFN5O3. The number of piperidine rings is 1. The van der Waals surface area contributed by atoms with Crippen molar-refractivity contribution in [1.82, 2.24) is 24.8 Å². The molecule has 2 aliphatic heterocycles. The third-order valence-corrected chi connectivity index (χ3v) is 6.63. The van der Waals surface area contributed by atoms with Crippen LogP contribution >= 0.6 is 11.6 Å². The van der Waals surface area contributed by atoms with Gasteiger partial charge in [0.25, 0.3) is 5.91 Å². The molecule has 1 saturated heterocycles. The Morgan fingerprint density at radius 2 is 2.16 bits per heavy atom. The van der Waals surface area contributed by atoms with Gasteiger partial charge in [0.2, 0.25) is 0 Å². The highest BCUT2D eigenvalue weighted by Gasteiger charge is 2.33. The number of aliphatic hydroxyl groups is 1. The minimum absolute atomic E-state index is 0.135. The fourth-order valence-electron chi connectivity index (χ4n) is 4.32. The molecule has 5 rings (SSSR count). The van der Waals surface area contributed by atoms with Crippen molar-refractivity contribution in [3.8, 4) is 5.75 Å². The van der Waals surface area contributed by atoms with Gasteiger partial charge in [0.05, 0.1) is 40.8 Å². The molecule has 2 aliphatic rings. The first-order valence-electron chi connectivity index (χ1n) is 10.5. The first-order valence-corrected chi connectivity index (χ1v) is 10.9. The highest BCUT2D eigenvalue weighted by atomic mass is 35.5. The van der Waals surface area contributed by atoms with E-state index in [0.717, 1.165) is 17.0 Å². The summed E-state index contributed by atoms with van der Waals surface area (Å²) in [7, 11) is 0. The predicted octanol–water partition coefficient (Wildman–Crippen LogP) is 2.40. The predicted molar refractivity (Wildman–Crippen MR) is 115 cm³/mol. The number of aliphatic hydroxyl groups excluding tert-OH is 1. The zero-order valence-corrected chi connectivity index (χ0v) is 18.5. The molecule has 1 aromatic carbocycles. The number of aromatic nitrogens is 3. The van der Waals surface area contributed by atoms with Crippen molar-refractivity contribution < 1.29 is 19.0 Å². The van der Waals surface area contributed by atoms with Crippen LogP contribution in [0.5, 0.6) is 5.75 Å². The molecule has 2 N–H and O–H groups in total. The Kier molecular flexibility index (Phi) is 5.27. The summed E-state index contributed by atoms with van der Waals surface area (Å²) in [5, 5.41) is 18.4. The first kappa shape index (κ1) is 21.1. The van der Waals surface area contributed by atoms with Gasteiger partial charge in [-0.05, 0) is 38.9 Å². The number of rotatable bonds is 3. The van der Waals surface area contributed by atoms with Crippen molar-refractivity contribution in [3.05, 3.63) is 57.2 Å². The Labute approximate surface area is 188 Å². The molecule has 3 aromatic rings. The summed E-state index contributed by atoms with van der Waals surface area (Å²) in [6.07, 6.45) is -0.682. The molecule has 10 heteroatoms. The Morgan fingerprint density at radius 3 is 2.94 bits per heavy atom. The minimum atomic E-state index is -0.732. The van der Waals surface area contributed by atoms with Gasteiger partial charge in [-0.25, -0.2) is 13.9 Å². The molecule has 0 aliphatic carbocycles. The average molecular weight is 460 g/mol. The molecule has 2 aromatic heterocycles. The Bertz CT molecular complexity index is 1230. The molecule has 1 fully saturated rings. The van der Waals surface area contributed by atoms with E-state index in [-0.39, 0.29) is 17.2 Å². The van der Waals surface area contributed by atoms with Crippen LogP contribution in [0.2, 0.25) is 5.02 Å². The molecule has 2 unspecified atom stereocenters. The van der Waals surface area contributed by atoms with Crippen LogP contribution in [0.3, 0.4) is 0 Å². The zero-order valence-electron chi connectivity index (χ0n) is 17.7. The largest absolute Gasteiger partial charge is 0.487 e. The maximum Gasteiger partial charge on any atom is 0.258 e. The summed E-state index contributed by atoms with van der Waals surface area (Å²) in [5.41, 5.74) is 4.08. The molecule has 0 saturated carbocycles. The highest BCUT2D eigenvalue weighted by Crippen LogP contribution is 2.32. The SMILES string of the molecule is Cc1nc2c3c(nn2c(C)c1Cl)CN(C(=O)c1ccc(F)cc1OC1CCNCC1O)C3. The summed E-state index contributed by atoms with van der Waals surface area (Å²) in [5.74, 6) is -0.660. The van der Waals surface area contributed by atoms with E-state index in [9.17, 15) is 14.3 Å². The molecule has 32 heavy (non-hydrogen) atoms. The Balaban J connectivity index is 1.43. The van der Waals surface area contributed by atoms with Crippen LogP contribution in [-0.4, -0.2) is 55.8 Å². The molecule has 2 atom stereocenters. The molecular weight excluding hydrogens is 437 g/mol. The number of fused-ring (bicyclic) bond motifs is 3. The molecule has 0 radical (unpaired) electrons. The van der Waals surface area contributed by atoms with Gasteiger partial charge < -0.3 is 20.1 Å². The van der Waals surface area contributed by atoms with Gasteiger partial charge in [-0.1, -0.05) is 11.6 Å². The summed E-state index contributed by atoms with van der Waals surface area (Å²) < 4.78 is 21.6. The molecule has 168 valence electrons. The van der Waals surface area contributed by atoms with E-state index < -0.39 is 18.0 Å². The van der Waals surface area contributed by atoms with Gasteiger partial charge in [-0.15, -0.1) is 0 Å². The monoisotopic (exact) mass is 459 g/mol. The fourth-order valence-corrected chi connectivity index (χ4v) is 4.44. The second kappa shape index (κ2) is 7.99. The number of amides is 1. The van der Waals surface area contributed by atoms with E-state index >= 15 is 0 Å². The Morgan fingerprint density at radius 1 is 1.34 bits per heavy atom. The molecule has 4 heterocycles. The second-order valence-electron chi connectivity index (χ2n) is 8.28. The van der Waals surface area contributed by atoms with Gasteiger partial charge in [0, 0.05) is 18.2 Å². The van der Waals surface area contributed by atoms with Gasteiger partial charge >= 0.3 is 0 Å². The topological polar surface area (TPSA) is 92.0 Å². The fraction of sp³-hybridized carbons (Fsp3) is 0.409. The van der Waals surface area contributed by atoms with Gasteiger partial charge in [-0.3, -0.25) is 4.79 Å². The number of nitrogens with zero attached hydrogens (tertiary/aromatic N) is 4. The number of halogens is 2. The number of carbonyl (C=O) groups excluding carboxylic acids is 1. The number of β-amino-alcohol motifs (C(OH)–C–C–N with tert-alkyl or cyclic N) is 1. The number of hydrogen-bond donors (Lipinski definition) is 2. The van der Waals surface area contributed by atoms with Gasteiger partial charge in [0.1, 0.15) is 23.8 Å². The van der Waals surface area contributed by atoms with Gasteiger partial charge in [-0.2, -0.15) is 5.10 Å². The number of aryl methyl sites for hydroxylation is 2. The minimum Gasteiger partial charge on any atom is -0.487 e. The van der Waals surface area contributed by atoms with Crippen molar-refractivity contribution in [2.75, 3.05) is 13.1 Å². The van der Waals surface area contributed by atoms with E-state index in [2.05, 4.69) is 15.4 Å². The van der Waals surface area contributed by atoms with Crippen LogP contribution in [0.25, 0.3) is 5.65 Å². The lowest BCUT2D eigenvalue weighted by atomic mass is 10.1. The maximum atomic E-state index is 14.0. The smallest absolute Gasteiger partial charge is 0.258 e. The lowest BCUT2D eigenvalue weighted by Crippen LogP contribution is -2.46. The van der Waals surface area contributed by atoms with E-state index in [1.165, 1.54) is 18.2 Å². The van der Waals surface area contributed by atoms with E-state index in [1.54, 1.807) is 9.42 Å². The molecule has 1 amide bonds. The number of ether oxygens (including phenoxy) is 1. The summed E-state index contributed by atoms with van der Waals surface area (Å²) in [6.45, 7) is 5.42. The van der Waals surface area contributed by atoms with Crippen LogP contribution in [0.4, 0.5) is 4.39 Å². The number of carbonyl (C=O) groups is 1. The maximum absolute atomic E-state index is 14.0. The molecule has 0 bridgehead atoms. The normalized spacial score (nSPS) is 20.6. The van der Waals surface area contributed by atoms with Crippen molar-refractivity contribution in [2.24, 2.45) is 0 Å². The summed E-state index contributed by atoms with van der Waals surface area (Å²) in [4.78, 5) is 19.6. The molecule has 0 spiro atoms. The quantitative estimate of drug-likeness (QED) is 0.625. The van der Waals surface area contributed by atoms with Gasteiger partial charge in [0.15, 0.2) is 5.65 Å². The number of hydrogen-bond acceptors (Lipinski definition) is 6. The van der Waals surface area contributed by atoms with Crippen LogP contribution in [-0.2, 0) is 13.1 Å². The molecule has 8 nitrogen and oxygen atoms in total. The standard InChI is InChI=1S/C22H23ClFN5O3/c1-11-20(23)12(2)29-21(26-11)15-9-28(10-16(15)27-29)22(31)14-4-3-13(24)7-19(14)32-18-5-6-25-8-17(18)30/h3-4,7,17-18,25,30H,5-6,8-10H2,1-2H3. The zero-order chi connectivity index (χ0) is 22.6. The highest BCUT2D eigenvalue weighted by molar-refractivity contribution is 6.31. The van der Waals surface area contributed by atoms with E-state index in [0.29, 0.717) is 49.0 Å². The van der Waals surface area contributed by atoms with E-state index in [1.807, 2.05) is 13.8 Å². The van der Waals surface area contributed by atoms with Crippen LogP contribution < -0.4 is 10.1 Å². The van der Waals surface area contributed by atoms with Crippen molar-refractivity contribution in [3.63, 3.8) is 0 Å². The first-order chi connectivity index (χ1) is 15.3. The third kappa shape index (κ3) is 3.50. The lowest BCUT2D eigenvalue weighted by Gasteiger charge is -2.30. The van der Waals surface area contributed by atoms with Crippen molar-refractivity contribution in [2.45, 2.75) is 45.6 Å². The number of nitrogens with one attached hydrogen (secondary N) is 1. The summed E-state index contributed by atoms with van der Waals surface area (Å²) in [6, 6.07) is 3.86. The van der Waals surface area contributed by atoms with Crippen molar-refractivity contribution >= 4 is 23.2 Å². The summed E-state index contributed by atoms with van der Waals surface area (Å²) >= 11 is 6.30. The van der Waals surface area contributed by atoms with Crippen molar-refractivity contribution in [1.29, 1.82) is 0 Å². The number of benzene rings is 1. The third-order valence-electron chi connectivity index (χ3n) is 6.08. The van der Waals surface area contributed by atoms with Crippen LogP contribution in [0.1, 0.15) is 39.4 Å². The Hall–Kier alpha value is -2.75. The van der Waals surface area contributed by atoms with Crippen LogP contribution in [0.15, 0.2) is 18.2 Å². The van der Waals surface area contributed by atoms with E-state index in [4.69, 9.17) is 16.3 Å². The lowest BCUT2D eigenvalue weighted by molar-refractivity contribution is 0.0153.